The number of nitrogens with one attached hydrogen (secondary N) is 1. The van der Waals surface area contributed by atoms with Gasteiger partial charge >= 0.3 is 0 Å². The van der Waals surface area contributed by atoms with Crippen LogP contribution in [0.1, 0.15) is 17.2 Å². The molecule has 0 spiro atoms. The molecular weight excluding hydrogens is 188 g/mol. The summed E-state index contributed by atoms with van der Waals surface area (Å²) >= 11 is 0. The number of aromatic nitrogens is 3. The van der Waals surface area contributed by atoms with Crippen molar-refractivity contribution in [3.63, 3.8) is 0 Å². The summed E-state index contributed by atoms with van der Waals surface area (Å²) < 4.78 is 0. The van der Waals surface area contributed by atoms with Gasteiger partial charge in [0.25, 0.3) is 0 Å². The number of hydrogen-bond acceptors (Lipinski definition) is 3. The van der Waals surface area contributed by atoms with Crippen LogP contribution in [0.3, 0.4) is 0 Å². The van der Waals surface area contributed by atoms with Crippen molar-refractivity contribution in [1.29, 1.82) is 0 Å². The third kappa shape index (κ3) is 2.63. The zero-order valence-corrected chi connectivity index (χ0v) is 8.48. The van der Waals surface area contributed by atoms with Crippen LogP contribution in [0.5, 0.6) is 0 Å². The molecule has 0 amide bonds. The molecule has 3 N–H and O–H groups in total. The fraction of sp³-hybridized carbons (Fsp3) is 0.273. The predicted molar refractivity (Wildman–Crippen MR) is 58.1 cm³/mol. The predicted octanol–water partition coefficient (Wildman–Crippen LogP) is 1.05. The summed E-state index contributed by atoms with van der Waals surface area (Å²) in [5.41, 5.74) is 7.67. The van der Waals surface area contributed by atoms with Gasteiger partial charge < -0.3 is 10.7 Å². The lowest BCUT2D eigenvalue weighted by Crippen LogP contribution is -1.99. The second kappa shape index (κ2) is 4.70. The van der Waals surface area contributed by atoms with Crippen LogP contribution in [0.4, 0.5) is 0 Å². The fourth-order valence-corrected chi connectivity index (χ4v) is 1.45. The highest BCUT2D eigenvalue weighted by atomic mass is 14.9. The Morgan fingerprint density at radius 1 is 1.20 bits per heavy atom. The molecule has 0 atom stereocenters. The summed E-state index contributed by atoms with van der Waals surface area (Å²) in [7, 11) is 0. The lowest BCUT2D eigenvalue weighted by molar-refractivity contribution is 0.872. The average molecular weight is 202 g/mol. The number of nitrogens with zero attached hydrogens (tertiary/aromatic N) is 2. The normalized spacial score (nSPS) is 10.5. The van der Waals surface area contributed by atoms with Gasteiger partial charge in [-0.1, -0.05) is 6.07 Å². The highest BCUT2D eigenvalue weighted by Gasteiger charge is 1.99. The Labute approximate surface area is 88.6 Å². The number of pyridine rings is 1. The minimum Gasteiger partial charge on any atom is -0.345 e. The molecule has 0 fully saturated rings. The van der Waals surface area contributed by atoms with E-state index < -0.39 is 0 Å². The zero-order chi connectivity index (χ0) is 10.5. The van der Waals surface area contributed by atoms with Gasteiger partial charge in [0.1, 0.15) is 5.82 Å². The highest BCUT2D eigenvalue weighted by molar-refractivity contribution is 5.08. The van der Waals surface area contributed by atoms with E-state index in [9.17, 15) is 0 Å². The first-order valence-electron chi connectivity index (χ1n) is 5.01. The summed E-state index contributed by atoms with van der Waals surface area (Å²) in [6, 6.07) is 5.95. The summed E-state index contributed by atoms with van der Waals surface area (Å²) in [6.45, 7) is 0.462. The molecule has 2 aromatic rings. The van der Waals surface area contributed by atoms with Gasteiger partial charge in [-0.25, -0.2) is 4.98 Å². The molecule has 0 saturated heterocycles. The molecular formula is C11H14N4. The van der Waals surface area contributed by atoms with Gasteiger partial charge in [-0.15, -0.1) is 0 Å². The number of aromatic amines is 1. The Morgan fingerprint density at radius 3 is 2.80 bits per heavy atom. The van der Waals surface area contributed by atoms with Crippen LogP contribution in [0.15, 0.2) is 30.6 Å². The molecule has 0 aromatic carbocycles. The molecule has 4 nitrogen and oxygen atoms in total. The summed E-state index contributed by atoms with van der Waals surface area (Å²) in [5.74, 6) is 0.839. The number of H-pyrrole nitrogens is 1. The maximum atomic E-state index is 5.46. The summed E-state index contributed by atoms with van der Waals surface area (Å²) in [6.07, 6.45) is 5.50. The van der Waals surface area contributed by atoms with Crippen molar-refractivity contribution in [3.8, 4) is 0 Å². The quantitative estimate of drug-likeness (QED) is 0.778. The van der Waals surface area contributed by atoms with Crippen molar-refractivity contribution in [1.82, 2.24) is 15.0 Å². The molecule has 0 aliphatic heterocycles. The molecule has 0 aliphatic rings. The largest absolute Gasteiger partial charge is 0.345 e. The van der Waals surface area contributed by atoms with Gasteiger partial charge in [0.15, 0.2) is 0 Å². The lowest BCUT2D eigenvalue weighted by atomic mass is 10.2. The standard InChI is InChI=1S/C11H14N4/c12-7-11-14-8-10(15-11)5-4-9-3-1-2-6-13-9/h1-3,6,8H,4-5,7,12H2,(H,14,15). The molecule has 15 heavy (non-hydrogen) atoms. The monoisotopic (exact) mass is 202 g/mol. The first-order valence-corrected chi connectivity index (χ1v) is 5.01. The van der Waals surface area contributed by atoms with Crippen LogP contribution in [0.2, 0.25) is 0 Å². The zero-order valence-electron chi connectivity index (χ0n) is 8.48. The van der Waals surface area contributed by atoms with Crippen molar-refractivity contribution in [3.05, 3.63) is 47.8 Å². The Balaban J connectivity index is 1.93. The SMILES string of the molecule is NCc1ncc(CCc2ccccn2)[nH]1. The second-order valence-corrected chi connectivity index (χ2v) is 3.38. The smallest absolute Gasteiger partial charge is 0.120 e. The molecule has 2 heterocycles. The van der Waals surface area contributed by atoms with Crippen LogP contribution in [0, 0.1) is 0 Å². The van der Waals surface area contributed by atoms with Crippen LogP contribution < -0.4 is 5.73 Å². The van der Waals surface area contributed by atoms with E-state index in [4.69, 9.17) is 5.73 Å². The maximum absolute atomic E-state index is 5.46. The highest BCUT2D eigenvalue weighted by Crippen LogP contribution is 2.03. The second-order valence-electron chi connectivity index (χ2n) is 3.38. The van der Waals surface area contributed by atoms with Crippen molar-refractivity contribution in [2.24, 2.45) is 5.73 Å². The first kappa shape index (κ1) is 9.86. The van der Waals surface area contributed by atoms with Gasteiger partial charge in [0.2, 0.25) is 0 Å². The maximum Gasteiger partial charge on any atom is 0.120 e. The topological polar surface area (TPSA) is 67.6 Å². The van der Waals surface area contributed by atoms with E-state index in [1.54, 1.807) is 0 Å². The number of imidazole rings is 1. The van der Waals surface area contributed by atoms with Crippen LogP contribution >= 0.6 is 0 Å². The van der Waals surface area contributed by atoms with Gasteiger partial charge in [-0.05, 0) is 25.0 Å². The van der Waals surface area contributed by atoms with E-state index in [0.29, 0.717) is 6.54 Å². The van der Waals surface area contributed by atoms with Gasteiger partial charge in [-0.2, -0.15) is 0 Å². The van der Waals surface area contributed by atoms with Crippen molar-refractivity contribution < 1.29 is 0 Å². The molecule has 0 saturated carbocycles. The number of nitrogens with two attached hydrogens (primary N) is 1. The lowest BCUT2D eigenvalue weighted by Gasteiger charge is -1.97. The fourth-order valence-electron chi connectivity index (χ4n) is 1.45. The van der Waals surface area contributed by atoms with Crippen molar-refractivity contribution in [2.45, 2.75) is 19.4 Å². The van der Waals surface area contributed by atoms with E-state index in [1.807, 2.05) is 30.6 Å². The molecule has 0 radical (unpaired) electrons. The van der Waals surface area contributed by atoms with Gasteiger partial charge in [0.05, 0.1) is 6.54 Å². The minimum absolute atomic E-state index is 0.462. The molecule has 0 unspecified atom stereocenters. The Hall–Kier alpha value is -1.68. The molecule has 4 heteroatoms. The van der Waals surface area contributed by atoms with Crippen molar-refractivity contribution in [2.75, 3.05) is 0 Å². The van der Waals surface area contributed by atoms with Gasteiger partial charge in [0, 0.05) is 23.8 Å². The molecule has 2 rings (SSSR count). The summed E-state index contributed by atoms with van der Waals surface area (Å²) in [5, 5.41) is 0. The summed E-state index contributed by atoms with van der Waals surface area (Å²) in [4.78, 5) is 11.6. The molecule has 2 aromatic heterocycles. The van der Waals surface area contributed by atoms with E-state index >= 15 is 0 Å². The van der Waals surface area contributed by atoms with E-state index in [0.717, 1.165) is 30.1 Å². The van der Waals surface area contributed by atoms with Crippen LogP contribution in [-0.2, 0) is 19.4 Å². The van der Waals surface area contributed by atoms with Crippen LogP contribution in [-0.4, -0.2) is 15.0 Å². The Kier molecular flexibility index (Phi) is 3.09. The third-order valence-corrected chi connectivity index (χ3v) is 2.25. The van der Waals surface area contributed by atoms with E-state index in [1.165, 1.54) is 0 Å². The number of hydrogen-bond donors (Lipinski definition) is 2. The van der Waals surface area contributed by atoms with E-state index in [2.05, 4.69) is 15.0 Å². The molecule has 0 aliphatic carbocycles. The Bertz CT molecular complexity index is 408. The number of aryl methyl sites for hydroxylation is 2. The average Bonchev–Trinajstić information content (AvgIpc) is 2.76. The Morgan fingerprint density at radius 2 is 2.13 bits per heavy atom. The van der Waals surface area contributed by atoms with E-state index in [-0.39, 0.29) is 0 Å². The molecule has 0 bridgehead atoms. The minimum atomic E-state index is 0.462. The number of rotatable bonds is 4. The van der Waals surface area contributed by atoms with Crippen molar-refractivity contribution >= 4 is 0 Å². The van der Waals surface area contributed by atoms with Crippen LogP contribution in [0.25, 0.3) is 0 Å². The third-order valence-electron chi connectivity index (χ3n) is 2.25. The molecule has 78 valence electrons. The van der Waals surface area contributed by atoms with Gasteiger partial charge in [-0.3, -0.25) is 4.98 Å². The first-order chi connectivity index (χ1) is 7.38.